The van der Waals surface area contributed by atoms with E-state index >= 15 is 0 Å². The first kappa shape index (κ1) is 16.9. The molecule has 112 valence electrons. The van der Waals surface area contributed by atoms with E-state index in [4.69, 9.17) is 23.2 Å². The van der Waals surface area contributed by atoms with Crippen LogP contribution < -0.4 is 5.32 Å². The molecule has 2 rings (SSSR count). The number of carbonyl (C=O) groups excluding carboxylic acids is 1. The van der Waals surface area contributed by atoms with Crippen molar-refractivity contribution in [3.63, 3.8) is 0 Å². The zero-order chi connectivity index (χ0) is 15.2. The number of benzene rings is 1. The summed E-state index contributed by atoms with van der Waals surface area (Å²) in [5.74, 6) is 1.03. The molecule has 1 amide bonds. The van der Waals surface area contributed by atoms with Crippen molar-refractivity contribution in [1.82, 2.24) is 10.2 Å². The predicted molar refractivity (Wildman–Crippen MR) is 92.1 cm³/mol. The monoisotopic (exact) mass is 379 g/mol. The Morgan fingerprint density at radius 1 is 1.29 bits per heavy atom. The van der Waals surface area contributed by atoms with E-state index in [0.717, 1.165) is 14.4 Å². The lowest BCUT2D eigenvalue weighted by molar-refractivity contribution is -0.113. The van der Waals surface area contributed by atoms with Gasteiger partial charge in [0.05, 0.1) is 21.5 Å². The molecule has 1 heterocycles. The van der Waals surface area contributed by atoms with Gasteiger partial charge in [-0.3, -0.25) is 4.79 Å². The van der Waals surface area contributed by atoms with Crippen LogP contribution in [0.25, 0.3) is 0 Å². The minimum Gasteiger partial charge on any atom is -0.324 e. The Morgan fingerprint density at radius 3 is 2.71 bits per heavy atom. The highest BCUT2D eigenvalue weighted by Gasteiger charge is 2.11. The number of nitrogens with one attached hydrogen (secondary N) is 1. The van der Waals surface area contributed by atoms with Crippen LogP contribution in [0.1, 0.15) is 6.92 Å². The first-order valence-corrected chi connectivity index (χ1v) is 9.47. The van der Waals surface area contributed by atoms with Crippen LogP contribution in [-0.2, 0) is 4.79 Å². The van der Waals surface area contributed by atoms with Crippen LogP contribution in [0.3, 0.4) is 0 Å². The van der Waals surface area contributed by atoms with Gasteiger partial charge in [-0.1, -0.05) is 71.1 Å². The van der Waals surface area contributed by atoms with Crippen molar-refractivity contribution in [1.29, 1.82) is 0 Å². The number of thioether (sulfide) groups is 2. The second-order valence-electron chi connectivity index (χ2n) is 3.71. The summed E-state index contributed by atoms with van der Waals surface area (Å²) in [5.41, 5.74) is 0.509. The molecule has 0 spiro atoms. The number of aromatic nitrogens is 2. The zero-order valence-corrected chi connectivity index (χ0v) is 14.9. The number of hydrogen-bond acceptors (Lipinski definition) is 6. The average Bonchev–Trinajstić information content (AvgIpc) is 2.90. The van der Waals surface area contributed by atoms with Gasteiger partial charge in [0.1, 0.15) is 0 Å². The Kier molecular flexibility index (Phi) is 6.63. The summed E-state index contributed by atoms with van der Waals surface area (Å²) in [6, 6.07) is 5.11. The molecule has 0 bridgehead atoms. The maximum absolute atomic E-state index is 11.9. The van der Waals surface area contributed by atoms with E-state index in [1.807, 2.05) is 0 Å². The number of amides is 1. The topological polar surface area (TPSA) is 54.9 Å². The van der Waals surface area contributed by atoms with Crippen molar-refractivity contribution in [2.24, 2.45) is 0 Å². The first-order valence-electron chi connectivity index (χ1n) is 5.93. The molecule has 0 aliphatic rings. The van der Waals surface area contributed by atoms with Crippen LogP contribution in [0.4, 0.5) is 5.69 Å². The standard InChI is InChI=1S/C12H11Cl2N3OS3/c1-2-19-11-16-17-12(21-11)20-6-9(18)15-8-5-3-4-7(13)10(8)14/h3-5H,2,6H2,1H3,(H,15,18). The van der Waals surface area contributed by atoms with Crippen molar-refractivity contribution in [3.05, 3.63) is 28.2 Å². The van der Waals surface area contributed by atoms with Gasteiger partial charge in [0, 0.05) is 0 Å². The van der Waals surface area contributed by atoms with Crippen molar-refractivity contribution in [2.75, 3.05) is 16.8 Å². The van der Waals surface area contributed by atoms with E-state index in [1.54, 1.807) is 30.0 Å². The third-order valence-electron chi connectivity index (χ3n) is 2.21. The Labute approximate surface area is 145 Å². The predicted octanol–water partition coefficient (Wildman–Crippen LogP) is 4.69. The van der Waals surface area contributed by atoms with Gasteiger partial charge in [-0.2, -0.15) is 0 Å². The third kappa shape index (κ3) is 5.03. The smallest absolute Gasteiger partial charge is 0.234 e. The molecule has 0 saturated heterocycles. The summed E-state index contributed by atoms with van der Waals surface area (Å²) < 4.78 is 1.69. The van der Waals surface area contributed by atoms with Gasteiger partial charge in [-0.15, -0.1) is 10.2 Å². The maximum Gasteiger partial charge on any atom is 0.234 e. The van der Waals surface area contributed by atoms with Gasteiger partial charge >= 0.3 is 0 Å². The summed E-state index contributed by atoms with van der Waals surface area (Å²) in [6.45, 7) is 2.06. The summed E-state index contributed by atoms with van der Waals surface area (Å²) in [4.78, 5) is 11.9. The SMILES string of the molecule is CCSc1nnc(SCC(=O)Nc2cccc(Cl)c2Cl)s1. The average molecular weight is 380 g/mol. The minimum atomic E-state index is -0.163. The minimum absolute atomic E-state index is 0.163. The first-order chi connectivity index (χ1) is 10.1. The molecule has 0 radical (unpaired) electrons. The molecular formula is C12H11Cl2N3OS3. The fourth-order valence-electron chi connectivity index (χ4n) is 1.35. The van der Waals surface area contributed by atoms with E-state index in [0.29, 0.717) is 15.7 Å². The van der Waals surface area contributed by atoms with Crippen LogP contribution in [-0.4, -0.2) is 27.6 Å². The van der Waals surface area contributed by atoms with Crippen LogP contribution in [0.2, 0.25) is 10.0 Å². The lowest BCUT2D eigenvalue weighted by atomic mass is 10.3. The summed E-state index contributed by atoms with van der Waals surface area (Å²) >= 11 is 16.4. The van der Waals surface area contributed by atoms with Gasteiger partial charge in [-0.05, 0) is 17.9 Å². The van der Waals surface area contributed by atoms with Crippen LogP contribution in [0.5, 0.6) is 0 Å². The molecule has 1 aromatic carbocycles. The molecule has 0 fully saturated rings. The largest absolute Gasteiger partial charge is 0.324 e. The molecule has 21 heavy (non-hydrogen) atoms. The molecule has 0 aliphatic heterocycles. The number of nitrogens with zero attached hydrogens (tertiary/aromatic N) is 2. The van der Waals surface area contributed by atoms with E-state index in [2.05, 4.69) is 22.4 Å². The second kappa shape index (κ2) is 8.24. The highest BCUT2D eigenvalue weighted by Crippen LogP contribution is 2.31. The van der Waals surface area contributed by atoms with Gasteiger partial charge in [0.15, 0.2) is 8.68 Å². The Bertz CT molecular complexity index is 636. The summed E-state index contributed by atoms with van der Waals surface area (Å²) in [7, 11) is 0. The summed E-state index contributed by atoms with van der Waals surface area (Å²) in [5, 5.41) is 11.5. The molecule has 0 aliphatic carbocycles. The molecule has 1 N–H and O–H groups in total. The fraction of sp³-hybridized carbons (Fsp3) is 0.250. The highest BCUT2D eigenvalue weighted by atomic mass is 35.5. The van der Waals surface area contributed by atoms with Crippen molar-refractivity contribution >= 4 is 69.7 Å². The molecule has 1 aromatic heterocycles. The third-order valence-corrected chi connectivity index (χ3v) is 6.10. The molecule has 0 saturated carbocycles. The quantitative estimate of drug-likeness (QED) is 0.737. The zero-order valence-electron chi connectivity index (χ0n) is 10.9. The molecule has 0 atom stereocenters. The Balaban J connectivity index is 1.88. The van der Waals surface area contributed by atoms with Crippen molar-refractivity contribution in [3.8, 4) is 0 Å². The van der Waals surface area contributed by atoms with Gasteiger partial charge in [-0.25, -0.2) is 0 Å². The number of anilines is 1. The lowest BCUT2D eigenvalue weighted by Gasteiger charge is -2.07. The van der Waals surface area contributed by atoms with E-state index in [-0.39, 0.29) is 11.7 Å². The molecule has 9 heteroatoms. The number of hydrogen-bond donors (Lipinski definition) is 1. The van der Waals surface area contributed by atoms with E-state index < -0.39 is 0 Å². The van der Waals surface area contributed by atoms with Crippen LogP contribution in [0.15, 0.2) is 26.9 Å². The van der Waals surface area contributed by atoms with E-state index in [9.17, 15) is 4.79 Å². The number of carbonyl (C=O) groups is 1. The number of rotatable bonds is 6. The van der Waals surface area contributed by atoms with E-state index in [1.165, 1.54) is 23.1 Å². The molecule has 2 aromatic rings. The van der Waals surface area contributed by atoms with Crippen molar-refractivity contribution in [2.45, 2.75) is 15.6 Å². The molecular weight excluding hydrogens is 369 g/mol. The maximum atomic E-state index is 11.9. The van der Waals surface area contributed by atoms with Crippen LogP contribution >= 0.6 is 58.1 Å². The lowest BCUT2D eigenvalue weighted by Crippen LogP contribution is -2.14. The summed E-state index contributed by atoms with van der Waals surface area (Å²) in [6.07, 6.45) is 0. The Hall–Kier alpha value is -0.470. The van der Waals surface area contributed by atoms with Gasteiger partial charge in [0.25, 0.3) is 0 Å². The van der Waals surface area contributed by atoms with Gasteiger partial charge < -0.3 is 5.32 Å². The highest BCUT2D eigenvalue weighted by molar-refractivity contribution is 8.03. The normalized spacial score (nSPS) is 10.6. The Morgan fingerprint density at radius 2 is 2.00 bits per heavy atom. The van der Waals surface area contributed by atoms with Crippen LogP contribution in [0, 0.1) is 0 Å². The van der Waals surface area contributed by atoms with Gasteiger partial charge in [0.2, 0.25) is 5.91 Å². The molecule has 4 nitrogen and oxygen atoms in total. The molecule has 0 unspecified atom stereocenters. The second-order valence-corrected chi connectivity index (χ2v) is 8.20. The number of halogens is 2. The van der Waals surface area contributed by atoms with Crippen molar-refractivity contribution < 1.29 is 4.79 Å². The fourth-order valence-corrected chi connectivity index (χ4v) is 4.42.